The van der Waals surface area contributed by atoms with Gasteiger partial charge in [-0.1, -0.05) is 30.2 Å². The summed E-state index contributed by atoms with van der Waals surface area (Å²) in [7, 11) is 0. The molecule has 4 heterocycles. The minimum atomic E-state index is 0.0432. The Labute approximate surface area is 214 Å². The maximum atomic E-state index is 12.6. The van der Waals surface area contributed by atoms with Gasteiger partial charge in [-0.05, 0) is 117 Å². The summed E-state index contributed by atoms with van der Waals surface area (Å²) in [6.07, 6.45) is 13.2. The molecule has 0 saturated carbocycles. The van der Waals surface area contributed by atoms with E-state index in [1.165, 1.54) is 69.3 Å². The fourth-order valence-corrected chi connectivity index (χ4v) is 7.99. The van der Waals surface area contributed by atoms with E-state index in [1.807, 2.05) is 24.3 Å². The maximum Gasteiger partial charge on any atom is 0.251 e. The van der Waals surface area contributed by atoms with Gasteiger partial charge in [0.05, 0.1) is 0 Å². The number of likely N-dealkylation sites (tertiary alicyclic amines) is 1. The van der Waals surface area contributed by atoms with Gasteiger partial charge in [0.25, 0.3) is 5.91 Å². The fourth-order valence-electron chi connectivity index (χ4n) is 7.32. The Hall–Kier alpha value is -1.95. The number of benzene rings is 1. The molecule has 1 aromatic carbocycles. The molecule has 0 unspecified atom stereocenters. The van der Waals surface area contributed by atoms with Crippen LogP contribution in [0.5, 0.6) is 0 Å². The van der Waals surface area contributed by atoms with Gasteiger partial charge in [-0.25, -0.2) is 0 Å². The van der Waals surface area contributed by atoms with Crippen LogP contribution in [0.15, 0.2) is 52.7 Å². The molecule has 2 aromatic rings. The summed E-state index contributed by atoms with van der Waals surface area (Å²) < 4.78 is 0. The van der Waals surface area contributed by atoms with Gasteiger partial charge in [-0.15, -0.1) is 0 Å². The van der Waals surface area contributed by atoms with E-state index >= 15 is 0 Å². The van der Waals surface area contributed by atoms with Crippen LogP contribution in [0.1, 0.15) is 61.7 Å². The average molecular weight is 490 g/mol. The molecule has 1 amide bonds. The molecule has 3 aliphatic heterocycles. The van der Waals surface area contributed by atoms with Crippen LogP contribution in [0.3, 0.4) is 0 Å². The Kier molecular flexibility index (Phi) is 7.09. The molecule has 4 aliphatic rings. The zero-order valence-corrected chi connectivity index (χ0v) is 21.6. The van der Waals surface area contributed by atoms with Gasteiger partial charge in [-0.3, -0.25) is 14.6 Å². The van der Waals surface area contributed by atoms with E-state index in [1.54, 1.807) is 16.9 Å². The van der Waals surface area contributed by atoms with Gasteiger partial charge in [0.15, 0.2) is 0 Å². The fraction of sp³-hybridized carbons (Fsp3) is 0.567. The molecule has 1 aromatic heterocycles. The number of thiophene rings is 1. The van der Waals surface area contributed by atoms with Crippen LogP contribution >= 0.6 is 11.3 Å². The Balaban J connectivity index is 0.984. The lowest BCUT2D eigenvalue weighted by Crippen LogP contribution is -2.59. The first-order chi connectivity index (χ1) is 17.3. The number of nitrogens with zero attached hydrogens (tertiary/aromatic N) is 2. The summed E-state index contributed by atoms with van der Waals surface area (Å²) in [4.78, 5) is 18.2. The Morgan fingerprint density at radius 2 is 1.94 bits per heavy atom. The Morgan fingerprint density at radius 3 is 2.80 bits per heavy atom. The van der Waals surface area contributed by atoms with E-state index in [9.17, 15) is 4.79 Å². The van der Waals surface area contributed by atoms with Gasteiger partial charge in [0.2, 0.25) is 0 Å². The number of fused-ring (bicyclic) bond motifs is 6. The van der Waals surface area contributed by atoms with E-state index in [0.717, 1.165) is 49.4 Å². The van der Waals surface area contributed by atoms with Crippen LogP contribution in [0.4, 0.5) is 0 Å². The number of carbonyl (C=O) groups excluding carboxylic acids is 1. The molecule has 35 heavy (non-hydrogen) atoms. The molecule has 6 rings (SSSR count). The summed E-state index contributed by atoms with van der Waals surface area (Å²) >= 11 is 1.70. The van der Waals surface area contributed by atoms with Gasteiger partial charge >= 0.3 is 0 Å². The van der Waals surface area contributed by atoms with Crippen molar-refractivity contribution in [1.29, 1.82) is 0 Å². The summed E-state index contributed by atoms with van der Waals surface area (Å²) in [5.41, 5.74) is 4.90. The number of nitrogens with one attached hydrogen (secondary N) is 1. The number of unbranched alkanes of at least 4 members (excludes halogenated alkanes) is 1. The van der Waals surface area contributed by atoms with Crippen LogP contribution in [0.2, 0.25) is 0 Å². The van der Waals surface area contributed by atoms with E-state index in [2.05, 4.69) is 38.0 Å². The van der Waals surface area contributed by atoms with Crippen LogP contribution in [-0.4, -0.2) is 60.5 Å². The van der Waals surface area contributed by atoms with Crippen molar-refractivity contribution in [2.24, 2.45) is 11.8 Å². The lowest BCUT2D eigenvalue weighted by atomic mass is 9.68. The van der Waals surface area contributed by atoms with Gasteiger partial charge in [-0.2, -0.15) is 11.3 Å². The van der Waals surface area contributed by atoms with Crippen LogP contribution in [0, 0.1) is 11.8 Å². The normalized spacial score (nSPS) is 28.6. The molecule has 2 bridgehead atoms. The van der Waals surface area contributed by atoms with Gasteiger partial charge < -0.3 is 5.32 Å². The molecule has 4 atom stereocenters. The molecular formula is C30H39N3OS. The number of amides is 1. The number of hydrogen-bond acceptors (Lipinski definition) is 4. The van der Waals surface area contributed by atoms with E-state index in [-0.39, 0.29) is 5.91 Å². The van der Waals surface area contributed by atoms with E-state index in [4.69, 9.17) is 0 Å². The second-order valence-corrected chi connectivity index (χ2v) is 11.9. The molecule has 3 fully saturated rings. The van der Waals surface area contributed by atoms with Crippen LogP contribution in [-0.2, 0) is 0 Å². The highest BCUT2D eigenvalue weighted by Gasteiger charge is 2.45. The Bertz CT molecular complexity index is 1030. The molecule has 3 saturated heterocycles. The quantitative estimate of drug-likeness (QED) is 0.393. The highest BCUT2D eigenvalue weighted by atomic mass is 32.1. The predicted octanol–water partition coefficient (Wildman–Crippen LogP) is 5.82. The monoisotopic (exact) mass is 489 g/mol. The molecule has 186 valence electrons. The lowest BCUT2D eigenvalue weighted by Gasteiger charge is -2.55. The highest BCUT2D eigenvalue weighted by molar-refractivity contribution is 7.08. The average Bonchev–Trinajstić information content (AvgIpc) is 3.44. The smallest absolute Gasteiger partial charge is 0.251 e. The molecular weight excluding hydrogens is 450 g/mol. The third-order valence-electron chi connectivity index (χ3n) is 8.92. The summed E-state index contributed by atoms with van der Waals surface area (Å²) in [6.45, 7) is 5.81. The van der Waals surface area contributed by atoms with Crippen molar-refractivity contribution in [3.63, 3.8) is 0 Å². The number of carbonyl (C=O) groups is 1. The first-order valence-corrected chi connectivity index (χ1v) is 14.8. The molecule has 1 N–H and O–H groups in total. The molecule has 4 nitrogen and oxygen atoms in total. The number of hydrogen-bond donors (Lipinski definition) is 1. The van der Waals surface area contributed by atoms with Crippen molar-refractivity contribution in [3.05, 3.63) is 58.3 Å². The summed E-state index contributed by atoms with van der Waals surface area (Å²) in [6, 6.07) is 11.6. The minimum Gasteiger partial charge on any atom is -0.352 e. The van der Waals surface area contributed by atoms with Crippen LogP contribution < -0.4 is 5.32 Å². The SMILES string of the molecule is O=C(NCCCCN1CCCC2=C[C@H]3C[C@H](CN4CCCC[C@H]34)[C@@H]21)c1ccc(-c2ccsc2)cc1. The molecule has 0 spiro atoms. The van der Waals surface area contributed by atoms with Crippen molar-refractivity contribution in [2.45, 2.75) is 63.5 Å². The maximum absolute atomic E-state index is 12.6. The van der Waals surface area contributed by atoms with Crippen molar-refractivity contribution in [2.75, 3.05) is 32.7 Å². The highest BCUT2D eigenvalue weighted by Crippen LogP contribution is 2.45. The summed E-state index contributed by atoms with van der Waals surface area (Å²) in [5.74, 6) is 1.68. The van der Waals surface area contributed by atoms with E-state index in [0.29, 0.717) is 6.04 Å². The summed E-state index contributed by atoms with van der Waals surface area (Å²) in [5, 5.41) is 7.36. The first kappa shape index (κ1) is 23.4. The number of piperidine rings is 3. The topological polar surface area (TPSA) is 35.6 Å². The van der Waals surface area contributed by atoms with Crippen molar-refractivity contribution < 1.29 is 4.79 Å². The number of rotatable bonds is 7. The predicted molar refractivity (Wildman–Crippen MR) is 145 cm³/mol. The van der Waals surface area contributed by atoms with Crippen molar-refractivity contribution in [1.82, 2.24) is 15.1 Å². The first-order valence-electron chi connectivity index (χ1n) is 13.9. The van der Waals surface area contributed by atoms with Crippen LogP contribution in [0.25, 0.3) is 11.1 Å². The second kappa shape index (κ2) is 10.6. The minimum absolute atomic E-state index is 0.0432. The molecule has 0 radical (unpaired) electrons. The third-order valence-corrected chi connectivity index (χ3v) is 9.60. The largest absolute Gasteiger partial charge is 0.352 e. The Morgan fingerprint density at radius 1 is 1.03 bits per heavy atom. The van der Waals surface area contributed by atoms with Gasteiger partial charge in [0, 0.05) is 30.7 Å². The lowest BCUT2D eigenvalue weighted by molar-refractivity contribution is -0.000934. The molecule has 5 heteroatoms. The van der Waals surface area contributed by atoms with Crippen molar-refractivity contribution >= 4 is 17.2 Å². The zero-order valence-electron chi connectivity index (χ0n) is 20.8. The third kappa shape index (κ3) is 5.00. The molecule has 1 aliphatic carbocycles. The van der Waals surface area contributed by atoms with E-state index < -0.39 is 0 Å². The van der Waals surface area contributed by atoms with Crippen molar-refractivity contribution in [3.8, 4) is 11.1 Å². The zero-order chi connectivity index (χ0) is 23.6. The van der Waals surface area contributed by atoms with Gasteiger partial charge in [0.1, 0.15) is 0 Å². The standard InChI is InChI=1S/C30H39N3OS/c34-30(23-10-8-22(9-11-23)25-12-17-35-21-25)31-13-2-4-14-32-16-5-6-24-18-26-19-27(29(24)32)20-33-15-3-1-7-28(26)33/h8-12,17-18,21,26-29H,1-7,13-16,19-20H2,(H,31,34)/t26-,27+,28+,29+/m0/s1. The second-order valence-electron chi connectivity index (χ2n) is 11.1.